The molecule has 0 aliphatic carbocycles. The average Bonchev–Trinajstić information content (AvgIpc) is 3.20. The second-order valence-electron chi connectivity index (χ2n) is 7.51. The summed E-state index contributed by atoms with van der Waals surface area (Å²) in [5.41, 5.74) is 1.68. The highest BCUT2D eigenvalue weighted by Gasteiger charge is 2.14. The number of thiazole rings is 1. The molecule has 170 valence electrons. The number of benzene rings is 2. The molecule has 1 heterocycles. The lowest BCUT2D eigenvalue weighted by molar-refractivity contribution is 0.102. The van der Waals surface area contributed by atoms with Gasteiger partial charge in [-0.2, -0.15) is 0 Å². The summed E-state index contributed by atoms with van der Waals surface area (Å²) in [6.45, 7) is 7.51. The van der Waals surface area contributed by atoms with Crippen molar-refractivity contribution in [2.75, 3.05) is 11.9 Å². The maximum Gasteiger partial charge on any atom is 0.257 e. The highest BCUT2D eigenvalue weighted by Crippen LogP contribution is 2.26. The average molecular weight is 458 g/mol. The standard InChI is InChI=1S/C24H28FN3O3S/c1-4-9-26-13-19-15-32-24(27-19)28-23(29)18-10-20(12-21(11-18)31-16(2)3)30-14-17-7-5-6-8-22(17)25/h5-8,10-12,15-16,26H,4,9,13-14H2,1-3H3,(H,27,28,29). The predicted molar refractivity (Wildman–Crippen MR) is 125 cm³/mol. The van der Waals surface area contributed by atoms with Gasteiger partial charge in [0.05, 0.1) is 11.8 Å². The molecule has 2 N–H and O–H groups in total. The fourth-order valence-electron chi connectivity index (χ4n) is 2.91. The largest absolute Gasteiger partial charge is 0.491 e. The van der Waals surface area contributed by atoms with Crippen molar-refractivity contribution in [2.45, 2.75) is 46.4 Å². The molecule has 1 aromatic heterocycles. The number of amides is 1. The number of halogens is 1. The summed E-state index contributed by atoms with van der Waals surface area (Å²) < 4.78 is 25.5. The quantitative estimate of drug-likeness (QED) is 0.377. The molecule has 0 saturated heterocycles. The Morgan fingerprint density at radius 1 is 1.19 bits per heavy atom. The van der Waals surface area contributed by atoms with Gasteiger partial charge in [-0.1, -0.05) is 25.1 Å². The second kappa shape index (κ2) is 11.6. The first-order chi connectivity index (χ1) is 15.4. The molecule has 3 aromatic rings. The van der Waals surface area contributed by atoms with E-state index in [1.165, 1.54) is 17.4 Å². The number of hydrogen-bond acceptors (Lipinski definition) is 6. The Hall–Kier alpha value is -2.97. The van der Waals surface area contributed by atoms with Gasteiger partial charge < -0.3 is 14.8 Å². The van der Waals surface area contributed by atoms with Crippen LogP contribution < -0.4 is 20.1 Å². The van der Waals surface area contributed by atoms with Crippen molar-refractivity contribution in [1.29, 1.82) is 0 Å². The van der Waals surface area contributed by atoms with Crippen molar-refractivity contribution in [3.63, 3.8) is 0 Å². The first-order valence-corrected chi connectivity index (χ1v) is 11.5. The molecule has 0 aliphatic heterocycles. The molecule has 0 fully saturated rings. The van der Waals surface area contributed by atoms with Gasteiger partial charge in [-0.05, 0) is 45.0 Å². The third-order valence-corrected chi connectivity index (χ3v) is 5.18. The van der Waals surface area contributed by atoms with E-state index in [1.807, 2.05) is 19.2 Å². The van der Waals surface area contributed by atoms with Gasteiger partial charge in [-0.3, -0.25) is 10.1 Å². The number of nitrogens with one attached hydrogen (secondary N) is 2. The van der Waals surface area contributed by atoms with Crippen LogP contribution in [-0.4, -0.2) is 23.5 Å². The number of rotatable bonds is 11. The lowest BCUT2D eigenvalue weighted by Crippen LogP contribution is -2.15. The van der Waals surface area contributed by atoms with E-state index in [9.17, 15) is 9.18 Å². The summed E-state index contributed by atoms with van der Waals surface area (Å²) in [5.74, 6) is 0.255. The van der Waals surface area contributed by atoms with Crippen LogP contribution in [0.1, 0.15) is 48.8 Å². The van der Waals surface area contributed by atoms with Crippen LogP contribution in [0.4, 0.5) is 9.52 Å². The summed E-state index contributed by atoms with van der Waals surface area (Å²) in [4.78, 5) is 17.3. The van der Waals surface area contributed by atoms with E-state index in [1.54, 1.807) is 36.4 Å². The van der Waals surface area contributed by atoms with E-state index in [0.29, 0.717) is 34.3 Å². The van der Waals surface area contributed by atoms with Gasteiger partial charge in [-0.15, -0.1) is 11.3 Å². The number of anilines is 1. The number of carbonyl (C=O) groups is 1. The normalized spacial score (nSPS) is 10.9. The number of aromatic nitrogens is 1. The van der Waals surface area contributed by atoms with Crippen LogP contribution >= 0.6 is 11.3 Å². The summed E-state index contributed by atoms with van der Waals surface area (Å²) >= 11 is 1.37. The highest BCUT2D eigenvalue weighted by atomic mass is 32.1. The van der Waals surface area contributed by atoms with Crippen molar-refractivity contribution in [3.05, 3.63) is 70.5 Å². The minimum atomic E-state index is -0.340. The molecule has 0 aliphatic rings. The first-order valence-electron chi connectivity index (χ1n) is 10.6. The van der Waals surface area contributed by atoms with Crippen molar-refractivity contribution in [2.24, 2.45) is 0 Å². The fourth-order valence-corrected chi connectivity index (χ4v) is 3.62. The molecular formula is C24H28FN3O3S. The number of hydrogen-bond donors (Lipinski definition) is 2. The Kier molecular flexibility index (Phi) is 8.58. The van der Waals surface area contributed by atoms with Crippen molar-refractivity contribution >= 4 is 22.4 Å². The summed E-state index contributed by atoms with van der Waals surface area (Å²) in [6.07, 6.45) is 0.967. The molecule has 6 nitrogen and oxygen atoms in total. The van der Waals surface area contributed by atoms with Crippen LogP contribution in [0, 0.1) is 5.82 Å². The summed E-state index contributed by atoms with van der Waals surface area (Å²) in [7, 11) is 0. The molecule has 8 heteroatoms. The lowest BCUT2D eigenvalue weighted by atomic mass is 10.2. The molecule has 1 amide bonds. The van der Waals surface area contributed by atoms with Gasteiger partial charge in [-0.25, -0.2) is 9.37 Å². The maximum absolute atomic E-state index is 13.9. The zero-order valence-electron chi connectivity index (χ0n) is 18.5. The summed E-state index contributed by atoms with van der Waals surface area (Å²) in [5, 5.41) is 8.55. The van der Waals surface area contributed by atoms with Gasteiger partial charge in [0.15, 0.2) is 5.13 Å². The highest BCUT2D eigenvalue weighted by molar-refractivity contribution is 7.14. The molecule has 0 saturated carbocycles. The molecule has 0 radical (unpaired) electrons. The van der Waals surface area contributed by atoms with E-state index >= 15 is 0 Å². The molecule has 2 aromatic carbocycles. The van der Waals surface area contributed by atoms with Gasteiger partial charge >= 0.3 is 0 Å². The zero-order valence-corrected chi connectivity index (χ0v) is 19.3. The van der Waals surface area contributed by atoms with E-state index in [-0.39, 0.29) is 24.4 Å². The molecule has 0 spiro atoms. The summed E-state index contributed by atoms with van der Waals surface area (Å²) in [6, 6.07) is 11.4. The SMILES string of the molecule is CCCNCc1csc(NC(=O)c2cc(OCc3ccccc3F)cc(OC(C)C)c2)n1. The van der Waals surface area contributed by atoms with Gasteiger partial charge in [0.1, 0.15) is 23.9 Å². The first kappa shape index (κ1) is 23.7. The minimum absolute atomic E-state index is 0.0411. The molecule has 0 unspecified atom stereocenters. The Labute approximate surface area is 191 Å². The predicted octanol–water partition coefficient (Wildman–Crippen LogP) is 5.40. The second-order valence-corrected chi connectivity index (χ2v) is 8.37. The molecule has 3 rings (SSSR count). The number of carbonyl (C=O) groups excluding carboxylic acids is 1. The van der Waals surface area contributed by atoms with E-state index in [2.05, 4.69) is 22.5 Å². The molecule has 0 bridgehead atoms. The Bertz CT molecular complexity index is 1040. The smallest absolute Gasteiger partial charge is 0.257 e. The lowest BCUT2D eigenvalue weighted by Gasteiger charge is -2.14. The molecular weight excluding hydrogens is 429 g/mol. The maximum atomic E-state index is 13.9. The molecule has 0 atom stereocenters. The van der Waals surface area contributed by atoms with Gasteiger partial charge in [0.25, 0.3) is 5.91 Å². The van der Waals surface area contributed by atoms with Crippen LogP contribution in [0.25, 0.3) is 0 Å². The third-order valence-electron chi connectivity index (χ3n) is 4.37. The van der Waals surface area contributed by atoms with Crippen molar-refractivity contribution in [3.8, 4) is 11.5 Å². The Morgan fingerprint density at radius 2 is 1.97 bits per heavy atom. The molecule has 32 heavy (non-hydrogen) atoms. The van der Waals surface area contributed by atoms with Gasteiger partial charge in [0.2, 0.25) is 0 Å². The van der Waals surface area contributed by atoms with E-state index < -0.39 is 0 Å². The Morgan fingerprint density at radius 3 is 2.72 bits per heavy atom. The van der Waals surface area contributed by atoms with Crippen molar-refractivity contribution in [1.82, 2.24) is 10.3 Å². The number of ether oxygens (including phenoxy) is 2. The number of nitrogens with zero attached hydrogens (tertiary/aromatic N) is 1. The third kappa shape index (κ3) is 7.03. The van der Waals surface area contributed by atoms with Crippen LogP contribution in [0.2, 0.25) is 0 Å². The van der Waals surface area contributed by atoms with E-state index in [0.717, 1.165) is 18.7 Å². The van der Waals surface area contributed by atoms with E-state index in [4.69, 9.17) is 9.47 Å². The van der Waals surface area contributed by atoms with Gasteiger partial charge in [0, 0.05) is 29.1 Å². The monoisotopic (exact) mass is 457 g/mol. The van der Waals surface area contributed by atoms with Crippen LogP contribution in [0.5, 0.6) is 11.5 Å². The van der Waals surface area contributed by atoms with Crippen LogP contribution in [-0.2, 0) is 13.2 Å². The zero-order chi connectivity index (χ0) is 22.9. The topological polar surface area (TPSA) is 72.5 Å². The fraction of sp³-hybridized carbons (Fsp3) is 0.333. The van der Waals surface area contributed by atoms with Crippen LogP contribution in [0.3, 0.4) is 0 Å². The Balaban J connectivity index is 1.73. The minimum Gasteiger partial charge on any atom is -0.491 e. The van der Waals surface area contributed by atoms with Crippen molar-refractivity contribution < 1.29 is 18.7 Å². The van der Waals surface area contributed by atoms with Crippen LogP contribution in [0.15, 0.2) is 47.8 Å².